The highest BCUT2D eigenvalue weighted by Gasteiger charge is 2.51. The summed E-state index contributed by atoms with van der Waals surface area (Å²) in [7, 11) is 0. The normalized spacial score (nSPS) is 23.7. The lowest BCUT2D eigenvalue weighted by Crippen LogP contribution is -2.40. The number of esters is 3. The predicted molar refractivity (Wildman–Crippen MR) is 99.1 cm³/mol. The van der Waals surface area contributed by atoms with Crippen LogP contribution in [0.4, 0.5) is 5.82 Å². The number of fused-ring (bicyclic) bond motifs is 1. The van der Waals surface area contributed by atoms with E-state index in [0.717, 1.165) is 0 Å². The number of rotatable bonds is 5. The number of ether oxygens (including phenoxy) is 4. The average Bonchev–Trinajstić information content (AvgIpc) is 3.11. The SMILES string of the molecule is CC(=O)OCC1O[C@@H](n2c(Br)nc3c(N)ncnc32)C(OC(C)=O)C1OC(C)=O. The fraction of sp³-hybridized carbons (Fsp3) is 0.500. The molecule has 1 aliphatic heterocycles. The summed E-state index contributed by atoms with van der Waals surface area (Å²) < 4.78 is 23.5. The largest absolute Gasteiger partial charge is 0.463 e. The van der Waals surface area contributed by atoms with Gasteiger partial charge in [0.05, 0.1) is 0 Å². The van der Waals surface area contributed by atoms with Gasteiger partial charge in [0.25, 0.3) is 0 Å². The number of carbonyl (C=O) groups excluding carboxylic acids is 3. The van der Waals surface area contributed by atoms with Gasteiger partial charge >= 0.3 is 17.9 Å². The second-order valence-electron chi connectivity index (χ2n) is 6.20. The zero-order chi connectivity index (χ0) is 21.3. The fourth-order valence-corrected chi connectivity index (χ4v) is 3.57. The number of carbonyl (C=O) groups is 3. The van der Waals surface area contributed by atoms with Crippen molar-refractivity contribution in [3.05, 3.63) is 11.1 Å². The molecule has 0 radical (unpaired) electrons. The molecule has 156 valence electrons. The van der Waals surface area contributed by atoms with Crippen LogP contribution in [-0.4, -0.2) is 62.3 Å². The Kier molecular flexibility index (Phi) is 5.98. The van der Waals surface area contributed by atoms with Crippen LogP contribution in [-0.2, 0) is 33.3 Å². The van der Waals surface area contributed by atoms with E-state index in [9.17, 15) is 14.4 Å². The molecular weight excluding hydrogens is 454 g/mol. The van der Waals surface area contributed by atoms with Gasteiger partial charge in [-0.05, 0) is 15.9 Å². The predicted octanol–water partition coefficient (Wildman–Crippen LogP) is 0.495. The van der Waals surface area contributed by atoms with Gasteiger partial charge in [-0.3, -0.25) is 19.0 Å². The maximum atomic E-state index is 11.7. The molecule has 2 aromatic rings. The van der Waals surface area contributed by atoms with Crippen LogP contribution in [0.15, 0.2) is 11.1 Å². The van der Waals surface area contributed by atoms with Gasteiger partial charge in [-0.25, -0.2) is 15.0 Å². The van der Waals surface area contributed by atoms with Gasteiger partial charge in [-0.2, -0.15) is 0 Å². The molecule has 2 aromatic heterocycles. The minimum Gasteiger partial charge on any atom is -0.463 e. The van der Waals surface area contributed by atoms with E-state index in [0.29, 0.717) is 11.2 Å². The zero-order valence-corrected chi connectivity index (χ0v) is 17.3. The van der Waals surface area contributed by atoms with Gasteiger partial charge in [-0.1, -0.05) is 0 Å². The van der Waals surface area contributed by atoms with Crippen LogP contribution in [0, 0.1) is 0 Å². The van der Waals surface area contributed by atoms with Crippen LogP contribution in [0.1, 0.15) is 27.0 Å². The quantitative estimate of drug-likeness (QED) is 0.367. The van der Waals surface area contributed by atoms with E-state index in [4.69, 9.17) is 24.7 Å². The molecule has 0 amide bonds. The number of nitrogens with two attached hydrogens (primary N) is 1. The van der Waals surface area contributed by atoms with Gasteiger partial charge < -0.3 is 24.7 Å². The molecule has 0 bridgehead atoms. The highest BCUT2D eigenvalue weighted by Crippen LogP contribution is 2.38. The Morgan fingerprint density at radius 1 is 1.14 bits per heavy atom. The van der Waals surface area contributed by atoms with Crippen LogP contribution < -0.4 is 5.73 Å². The van der Waals surface area contributed by atoms with Crippen molar-refractivity contribution in [1.29, 1.82) is 0 Å². The van der Waals surface area contributed by atoms with Gasteiger partial charge in [0.15, 0.2) is 40.2 Å². The number of hydrogen-bond acceptors (Lipinski definition) is 11. The topological polar surface area (TPSA) is 158 Å². The zero-order valence-electron chi connectivity index (χ0n) is 15.7. The number of nitrogens with zero attached hydrogens (tertiary/aromatic N) is 4. The smallest absolute Gasteiger partial charge is 0.303 e. The van der Waals surface area contributed by atoms with Gasteiger partial charge in [-0.15, -0.1) is 0 Å². The number of aromatic nitrogens is 4. The monoisotopic (exact) mass is 471 g/mol. The van der Waals surface area contributed by atoms with Crippen molar-refractivity contribution in [2.45, 2.75) is 45.3 Å². The van der Waals surface area contributed by atoms with Gasteiger partial charge in [0.2, 0.25) is 0 Å². The van der Waals surface area contributed by atoms with Crippen molar-refractivity contribution in [3.63, 3.8) is 0 Å². The Hall–Kier alpha value is -2.80. The van der Waals surface area contributed by atoms with E-state index < -0.39 is 42.4 Å². The summed E-state index contributed by atoms with van der Waals surface area (Å²) in [5, 5.41) is 0. The molecule has 1 aliphatic rings. The Morgan fingerprint density at radius 3 is 2.41 bits per heavy atom. The summed E-state index contributed by atoms with van der Waals surface area (Å²) in [6.45, 7) is 3.43. The molecule has 1 saturated heterocycles. The Bertz CT molecular complexity index is 965. The van der Waals surface area contributed by atoms with Gasteiger partial charge in [0.1, 0.15) is 19.0 Å². The number of halogens is 1. The van der Waals surface area contributed by atoms with Crippen molar-refractivity contribution >= 4 is 50.8 Å². The number of nitrogen functional groups attached to an aromatic ring is 1. The first-order chi connectivity index (χ1) is 13.7. The first kappa shape index (κ1) is 20.9. The summed E-state index contributed by atoms with van der Waals surface area (Å²) in [4.78, 5) is 47.0. The summed E-state index contributed by atoms with van der Waals surface area (Å²) in [6.07, 6.45) is -2.76. The third-order valence-electron chi connectivity index (χ3n) is 4.06. The molecule has 2 N–H and O–H groups in total. The summed E-state index contributed by atoms with van der Waals surface area (Å²) in [5.74, 6) is -1.64. The third kappa shape index (κ3) is 4.29. The molecule has 3 heterocycles. The van der Waals surface area contributed by atoms with E-state index in [1.807, 2.05) is 0 Å². The van der Waals surface area contributed by atoms with Crippen molar-refractivity contribution in [2.24, 2.45) is 0 Å². The van der Waals surface area contributed by atoms with Gasteiger partial charge in [0, 0.05) is 20.8 Å². The maximum Gasteiger partial charge on any atom is 0.303 e. The molecule has 13 heteroatoms. The summed E-state index contributed by atoms with van der Waals surface area (Å²) in [6, 6.07) is 0. The van der Waals surface area contributed by atoms with Crippen LogP contribution in [0.3, 0.4) is 0 Å². The van der Waals surface area contributed by atoms with Crippen molar-refractivity contribution < 1.29 is 33.3 Å². The summed E-state index contributed by atoms with van der Waals surface area (Å²) >= 11 is 3.32. The average molecular weight is 472 g/mol. The third-order valence-corrected chi connectivity index (χ3v) is 4.62. The molecule has 0 spiro atoms. The van der Waals surface area contributed by atoms with Crippen LogP contribution >= 0.6 is 15.9 Å². The van der Waals surface area contributed by atoms with Crippen LogP contribution in [0.25, 0.3) is 11.2 Å². The van der Waals surface area contributed by atoms with E-state index in [-0.39, 0.29) is 17.2 Å². The minimum absolute atomic E-state index is 0.143. The maximum absolute atomic E-state index is 11.7. The summed E-state index contributed by atoms with van der Waals surface area (Å²) in [5.41, 5.74) is 6.46. The second kappa shape index (κ2) is 8.29. The molecule has 12 nitrogen and oxygen atoms in total. The Morgan fingerprint density at radius 2 is 1.79 bits per heavy atom. The van der Waals surface area contributed by atoms with E-state index in [1.165, 1.54) is 31.7 Å². The van der Waals surface area contributed by atoms with Crippen molar-refractivity contribution in [2.75, 3.05) is 12.3 Å². The molecule has 29 heavy (non-hydrogen) atoms. The number of hydrogen-bond donors (Lipinski definition) is 1. The number of imidazole rings is 1. The lowest BCUT2D eigenvalue weighted by Gasteiger charge is -2.24. The molecular formula is C16H18BrN5O7. The number of anilines is 1. The fourth-order valence-electron chi connectivity index (χ4n) is 3.03. The Balaban J connectivity index is 2.07. The lowest BCUT2D eigenvalue weighted by molar-refractivity contribution is -0.166. The molecule has 3 rings (SSSR count). The van der Waals surface area contributed by atoms with Crippen molar-refractivity contribution in [1.82, 2.24) is 19.5 Å². The van der Waals surface area contributed by atoms with Crippen LogP contribution in [0.2, 0.25) is 0 Å². The highest BCUT2D eigenvalue weighted by molar-refractivity contribution is 9.10. The van der Waals surface area contributed by atoms with E-state index >= 15 is 0 Å². The van der Waals surface area contributed by atoms with Crippen LogP contribution in [0.5, 0.6) is 0 Å². The Labute approximate surface area is 172 Å². The first-order valence-corrected chi connectivity index (χ1v) is 9.25. The highest BCUT2D eigenvalue weighted by atomic mass is 79.9. The molecule has 0 aliphatic carbocycles. The second-order valence-corrected chi connectivity index (χ2v) is 6.91. The molecule has 1 fully saturated rings. The molecule has 4 atom stereocenters. The minimum atomic E-state index is -1.07. The van der Waals surface area contributed by atoms with Crippen molar-refractivity contribution in [3.8, 4) is 0 Å². The standard InChI is InChI=1S/C16H18BrN5O7/c1-6(23)26-4-9-11(27-7(2)24)12(28-8(3)25)15(29-9)22-14-10(21-16(22)17)13(18)19-5-20-14/h5,9,11-12,15H,4H2,1-3H3,(H2,18,19,20)/t9?,11?,12?,15-/m1/s1. The lowest BCUT2D eigenvalue weighted by atomic mass is 10.1. The first-order valence-electron chi connectivity index (χ1n) is 8.46. The molecule has 0 aromatic carbocycles. The molecule has 0 saturated carbocycles. The van der Waals surface area contributed by atoms with E-state index in [1.54, 1.807) is 0 Å². The van der Waals surface area contributed by atoms with E-state index in [2.05, 4.69) is 30.9 Å². The molecule has 3 unspecified atom stereocenters.